The summed E-state index contributed by atoms with van der Waals surface area (Å²) >= 11 is 0. The van der Waals surface area contributed by atoms with Crippen molar-refractivity contribution < 1.29 is 0 Å². The summed E-state index contributed by atoms with van der Waals surface area (Å²) in [4.78, 5) is 5.13. The molecule has 1 aliphatic rings. The van der Waals surface area contributed by atoms with Crippen molar-refractivity contribution in [3.05, 3.63) is 211 Å². The lowest BCUT2D eigenvalue weighted by Gasteiger charge is -2.17. The van der Waals surface area contributed by atoms with Crippen molar-refractivity contribution in [1.82, 2.24) is 14.5 Å². The third-order valence-electron chi connectivity index (χ3n) is 11.2. The Bertz CT molecular complexity index is 3160. The molecule has 2 aromatic heterocycles. The summed E-state index contributed by atoms with van der Waals surface area (Å²) < 4.78 is 4.76. The topological polar surface area (TPSA) is 34.2 Å². The number of aromatic nitrogens is 2. The van der Waals surface area contributed by atoms with Gasteiger partial charge in [0.15, 0.2) is 0 Å². The van der Waals surface area contributed by atoms with Crippen LogP contribution in [0.5, 0.6) is 0 Å². The van der Waals surface area contributed by atoms with Gasteiger partial charge in [-0.2, -0.15) is 0 Å². The van der Waals surface area contributed by atoms with Gasteiger partial charge in [0.05, 0.1) is 27.8 Å². The first-order chi connectivity index (χ1) is 27.8. The van der Waals surface area contributed by atoms with Crippen molar-refractivity contribution in [1.29, 1.82) is 0 Å². The summed E-state index contributed by atoms with van der Waals surface area (Å²) in [7, 11) is 0. The second-order valence-electron chi connectivity index (χ2n) is 14.4. The van der Waals surface area contributed by atoms with E-state index in [0.29, 0.717) is 0 Å². The van der Waals surface area contributed by atoms with Gasteiger partial charge in [-0.15, -0.1) is 0 Å². The van der Waals surface area contributed by atoms with E-state index in [0.717, 1.165) is 34.9 Å². The van der Waals surface area contributed by atoms with E-state index in [1.807, 2.05) is 0 Å². The summed E-state index contributed by atoms with van der Waals surface area (Å²) in [5.74, 6) is 0.878. The second kappa shape index (κ2) is 13.2. The molecule has 4 nitrogen and oxygen atoms in total. The molecule has 0 fully saturated rings. The molecule has 56 heavy (non-hydrogen) atoms. The summed E-state index contributed by atoms with van der Waals surface area (Å²) in [5.41, 5.74) is 15.0. The molecule has 1 N–H and O–H groups in total. The average molecular weight is 717 g/mol. The lowest BCUT2D eigenvalue weighted by atomic mass is 10.0. The number of benzene rings is 8. The Morgan fingerprint density at radius 2 is 0.839 bits per heavy atom. The molecule has 1 aliphatic heterocycles. The molecule has 0 aliphatic carbocycles. The molecule has 0 spiro atoms. The molecule has 8 aromatic carbocycles. The zero-order chi connectivity index (χ0) is 37.0. The van der Waals surface area contributed by atoms with E-state index in [-0.39, 0.29) is 0 Å². The molecule has 264 valence electrons. The van der Waals surface area contributed by atoms with Gasteiger partial charge in [0.25, 0.3) is 0 Å². The Hall–Kier alpha value is -7.43. The monoisotopic (exact) mass is 716 g/mol. The number of para-hydroxylation sites is 3. The van der Waals surface area contributed by atoms with Crippen LogP contribution in [0.15, 0.2) is 205 Å². The third-order valence-corrected chi connectivity index (χ3v) is 11.2. The van der Waals surface area contributed by atoms with E-state index in [2.05, 4.69) is 215 Å². The van der Waals surface area contributed by atoms with Crippen molar-refractivity contribution in [3.63, 3.8) is 0 Å². The normalized spacial score (nSPS) is 12.9. The summed E-state index contributed by atoms with van der Waals surface area (Å²) in [6, 6.07) is 69.8. The zero-order valence-electron chi connectivity index (χ0n) is 30.6. The smallest absolute Gasteiger partial charge is 0.134 e. The SMILES string of the molecule is C1=C(c2ccc(-c3ccccc3)cc2)N=C(c2cccc(-n3c4ccccc4c4cc(-c5ccc6c(c5)c5ccccc5n6-c5ccccc5)ccc43)c2)NC1. The van der Waals surface area contributed by atoms with Crippen molar-refractivity contribution in [2.75, 3.05) is 6.54 Å². The highest BCUT2D eigenvalue weighted by atomic mass is 15.0. The van der Waals surface area contributed by atoms with Crippen LogP contribution in [0.1, 0.15) is 11.1 Å². The van der Waals surface area contributed by atoms with Crippen LogP contribution >= 0.6 is 0 Å². The minimum Gasteiger partial charge on any atom is -0.366 e. The highest BCUT2D eigenvalue weighted by molar-refractivity contribution is 6.13. The van der Waals surface area contributed by atoms with E-state index >= 15 is 0 Å². The van der Waals surface area contributed by atoms with Crippen LogP contribution in [0.3, 0.4) is 0 Å². The maximum absolute atomic E-state index is 5.13. The highest BCUT2D eigenvalue weighted by Gasteiger charge is 2.17. The molecule has 0 bridgehead atoms. The number of hydrogen-bond donors (Lipinski definition) is 1. The predicted octanol–water partition coefficient (Wildman–Crippen LogP) is 12.6. The summed E-state index contributed by atoms with van der Waals surface area (Å²) in [5, 5.41) is 8.51. The number of aliphatic imine (C=N–C) groups is 1. The van der Waals surface area contributed by atoms with Gasteiger partial charge in [0, 0.05) is 45.0 Å². The van der Waals surface area contributed by atoms with Crippen LogP contribution in [0.2, 0.25) is 0 Å². The third kappa shape index (κ3) is 5.34. The lowest BCUT2D eigenvalue weighted by Crippen LogP contribution is -2.27. The number of hydrogen-bond acceptors (Lipinski definition) is 2. The average Bonchev–Trinajstić information content (AvgIpc) is 3.79. The number of amidine groups is 1. The largest absolute Gasteiger partial charge is 0.366 e. The maximum Gasteiger partial charge on any atom is 0.134 e. The van der Waals surface area contributed by atoms with Gasteiger partial charge in [-0.1, -0.05) is 133 Å². The van der Waals surface area contributed by atoms with E-state index in [4.69, 9.17) is 4.99 Å². The quantitative estimate of drug-likeness (QED) is 0.183. The lowest BCUT2D eigenvalue weighted by molar-refractivity contribution is 1.02. The Kier molecular flexibility index (Phi) is 7.52. The molecule has 0 atom stereocenters. The Morgan fingerprint density at radius 3 is 1.50 bits per heavy atom. The number of nitrogens with zero attached hydrogens (tertiary/aromatic N) is 3. The number of rotatable bonds is 6. The van der Waals surface area contributed by atoms with Gasteiger partial charge >= 0.3 is 0 Å². The van der Waals surface area contributed by atoms with Crippen LogP contribution < -0.4 is 5.32 Å². The van der Waals surface area contributed by atoms with E-state index in [1.165, 1.54) is 71.6 Å². The number of nitrogens with one attached hydrogen (secondary N) is 1. The first-order valence-corrected chi connectivity index (χ1v) is 19.2. The van der Waals surface area contributed by atoms with E-state index in [9.17, 15) is 0 Å². The van der Waals surface area contributed by atoms with Crippen molar-refractivity contribution in [2.45, 2.75) is 0 Å². The van der Waals surface area contributed by atoms with Crippen molar-refractivity contribution >= 4 is 55.1 Å². The summed E-state index contributed by atoms with van der Waals surface area (Å²) in [6.45, 7) is 0.718. The minimum atomic E-state index is 0.718. The standard InChI is InChI=1S/C52H36N4/c1-3-12-35(13-4-1)36-22-24-37(25-23-36)47-30-31-53-52(54-47)40-14-11-17-42(32-40)56-49-21-10-8-19-44(49)46-34-39(27-29-51(46)56)38-26-28-50-45(33-38)43-18-7-9-20-48(43)55(50)41-15-5-2-6-16-41/h1-30,32-34H,31H2,(H,53,54). The fourth-order valence-corrected chi connectivity index (χ4v) is 8.49. The van der Waals surface area contributed by atoms with Gasteiger partial charge in [-0.05, 0) is 94.6 Å². The van der Waals surface area contributed by atoms with Crippen molar-refractivity contribution in [2.24, 2.45) is 4.99 Å². The molecule has 0 saturated heterocycles. The predicted molar refractivity (Wildman–Crippen MR) is 235 cm³/mol. The Labute approximate surface area is 324 Å². The van der Waals surface area contributed by atoms with E-state index < -0.39 is 0 Å². The molecule has 3 heterocycles. The van der Waals surface area contributed by atoms with Gasteiger partial charge in [0.1, 0.15) is 5.84 Å². The fourth-order valence-electron chi connectivity index (χ4n) is 8.49. The summed E-state index contributed by atoms with van der Waals surface area (Å²) in [6.07, 6.45) is 2.16. The van der Waals surface area contributed by atoms with Gasteiger partial charge in [-0.25, -0.2) is 4.99 Å². The van der Waals surface area contributed by atoms with Crippen LogP contribution in [0, 0.1) is 0 Å². The van der Waals surface area contributed by atoms with Crippen LogP contribution in [0.4, 0.5) is 0 Å². The fraction of sp³-hybridized carbons (Fsp3) is 0.0192. The first kappa shape index (κ1) is 32.0. The maximum atomic E-state index is 5.13. The van der Waals surface area contributed by atoms with Gasteiger partial charge in [-0.3, -0.25) is 0 Å². The molecule has 11 rings (SSSR count). The van der Waals surface area contributed by atoms with E-state index in [1.54, 1.807) is 0 Å². The number of fused-ring (bicyclic) bond motifs is 6. The molecule has 0 amide bonds. The van der Waals surface area contributed by atoms with Crippen LogP contribution in [-0.2, 0) is 0 Å². The van der Waals surface area contributed by atoms with Crippen LogP contribution in [0.25, 0.3) is 82.9 Å². The van der Waals surface area contributed by atoms with Gasteiger partial charge in [0.2, 0.25) is 0 Å². The van der Waals surface area contributed by atoms with Gasteiger partial charge < -0.3 is 14.5 Å². The Morgan fingerprint density at radius 1 is 0.357 bits per heavy atom. The van der Waals surface area contributed by atoms with Crippen molar-refractivity contribution in [3.8, 4) is 33.6 Å². The minimum absolute atomic E-state index is 0.718. The highest BCUT2D eigenvalue weighted by Crippen LogP contribution is 2.38. The molecule has 10 aromatic rings. The Balaban J connectivity index is 0.972. The molecular formula is C52H36N4. The zero-order valence-corrected chi connectivity index (χ0v) is 30.6. The first-order valence-electron chi connectivity index (χ1n) is 19.2. The molecule has 0 radical (unpaired) electrons. The molecule has 0 unspecified atom stereocenters. The van der Waals surface area contributed by atoms with Crippen LogP contribution in [-0.4, -0.2) is 21.5 Å². The second-order valence-corrected chi connectivity index (χ2v) is 14.4. The molecule has 0 saturated carbocycles. The molecule has 4 heteroatoms. The molecular weight excluding hydrogens is 681 g/mol.